The van der Waals surface area contributed by atoms with Crippen LogP contribution in [0.4, 0.5) is 0 Å². The van der Waals surface area contributed by atoms with Crippen molar-refractivity contribution in [3.05, 3.63) is 170 Å². The molecule has 0 bridgehead atoms. The van der Waals surface area contributed by atoms with Crippen LogP contribution in [0.15, 0.2) is 174 Å². The summed E-state index contributed by atoms with van der Waals surface area (Å²) in [5.74, 6) is 0. The lowest BCUT2D eigenvalue weighted by Crippen LogP contribution is -1.93. The van der Waals surface area contributed by atoms with E-state index in [0.29, 0.717) is 16.5 Å². The highest BCUT2D eigenvalue weighted by Crippen LogP contribution is 2.49. The molecule has 9 rings (SSSR count). The summed E-state index contributed by atoms with van der Waals surface area (Å²) in [5, 5.41) is 4.38. The molecule has 210 valence electrons. The third-order valence-corrected chi connectivity index (χ3v) is 8.66. The summed E-state index contributed by atoms with van der Waals surface area (Å²) >= 11 is 0. The molecule has 1 heterocycles. The maximum Gasteiger partial charge on any atom is 0.136 e. The molecule has 0 N–H and O–H groups in total. The Kier molecular flexibility index (Phi) is 4.63. The fraction of sp³-hybridized carbons (Fsp3) is 0. The molecule has 1 heteroatoms. The highest BCUT2D eigenvalue weighted by molar-refractivity contribution is 6.25. The van der Waals surface area contributed by atoms with Gasteiger partial charge >= 0.3 is 0 Å². The lowest BCUT2D eigenvalue weighted by Gasteiger charge is -2.20. The number of benzene rings is 8. The first-order chi connectivity index (χ1) is 24.8. The molecule has 0 spiro atoms. The van der Waals surface area contributed by atoms with Gasteiger partial charge in [0.1, 0.15) is 11.2 Å². The fourth-order valence-electron chi connectivity index (χ4n) is 6.70. The van der Waals surface area contributed by atoms with Crippen LogP contribution in [0.2, 0.25) is 0 Å². The van der Waals surface area contributed by atoms with Gasteiger partial charge in [-0.1, -0.05) is 152 Å². The minimum atomic E-state index is -0.407. The van der Waals surface area contributed by atoms with E-state index in [-0.39, 0.29) is 46.8 Å². The first-order valence-electron chi connectivity index (χ1n) is 18.0. The Balaban J connectivity index is 1.45. The number of fused-ring (bicyclic) bond motifs is 5. The van der Waals surface area contributed by atoms with Gasteiger partial charge in [-0.25, -0.2) is 0 Å². The summed E-state index contributed by atoms with van der Waals surface area (Å²) in [5.41, 5.74) is 7.04. The number of para-hydroxylation sites is 1. The van der Waals surface area contributed by atoms with Crippen molar-refractivity contribution in [1.82, 2.24) is 0 Å². The third kappa shape index (κ3) is 4.09. The van der Waals surface area contributed by atoms with Gasteiger partial charge in [0.2, 0.25) is 0 Å². The van der Waals surface area contributed by atoms with Crippen molar-refractivity contribution >= 4 is 43.5 Å². The summed E-state index contributed by atoms with van der Waals surface area (Å²) in [7, 11) is 0. The Hall–Kier alpha value is -5.92. The van der Waals surface area contributed by atoms with Gasteiger partial charge in [0.15, 0.2) is 0 Å². The lowest BCUT2D eigenvalue weighted by atomic mass is 9.82. The van der Waals surface area contributed by atoms with E-state index in [4.69, 9.17) is 9.90 Å². The molecular formula is C44H28O. The van der Waals surface area contributed by atoms with Crippen molar-refractivity contribution in [3.63, 3.8) is 0 Å². The number of hydrogen-bond acceptors (Lipinski definition) is 1. The first kappa shape index (κ1) is 20.1. The van der Waals surface area contributed by atoms with Crippen LogP contribution in [0.25, 0.3) is 88.0 Å². The monoisotopic (exact) mass is 578 g/mol. The Morgan fingerprint density at radius 3 is 1.49 bits per heavy atom. The highest BCUT2D eigenvalue weighted by Gasteiger charge is 2.22. The second-order valence-corrected chi connectivity index (χ2v) is 11.2. The van der Waals surface area contributed by atoms with E-state index in [0.717, 1.165) is 54.9 Å². The zero-order valence-electron chi connectivity index (χ0n) is 30.1. The predicted octanol–water partition coefficient (Wildman–Crippen LogP) is 12.6. The van der Waals surface area contributed by atoms with Gasteiger partial charge in [-0.15, -0.1) is 0 Å². The smallest absolute Gasteiger partial charge is 0.136 e. The Morgan fingerprint density at radius 2 is 0.844 bits per heavy atom. The molecule has 0 amide bonds. The zero-order valence-corrected chi connectivity index (χ0v) is 24.1. The topological polar surface area (TPSA) is 13.1 Å². The highest BCUT2D eigenvalue weighted by atomic mass is 16.3. The van der Waals surface area contributed by atoms with Crippen LogP contribution in [-0.2, 0) is 0 Å². The van der Waals surface area contributed by atoms with Crippen molar-refractivity contribution in [1.29, 1.82) is 0 Å². The molecule has 0 saturated carbocycles. The quantitative estimate of drug-likeness (QED) is 0.189. The largest absolute Gasteiger partial charge is 0.456 e. The molecule has 8 aromatic carbocycles. The Morgan fingerprint density at radius 1 is 0.356 bits per heavy atom. The average Bonchev–Trinajstić information content (AvgIpc) is 3.58. The van der Waals surface area contributed by atoms with Gasteiger partial charge in [-0.3, -0.25) is 0 Å². The maximum atomic E-state index is 9.63. The molecule has 0 atom stereocenters. The van der Waals surface area contributed by atoms with Crippen LogP contribution < -0.4 is 0 Å². The van der Waals surface area contributed by atoms with Gasteiger partial charge in [0.05, 0.1) is 8.22 Å². The van der Waals surface area contributed by atoms with Crippen LogP contribution in [0, 0.1) is 0 Å². The van der Waals surface area contributed by atoms with Crippen molar-refractivity contribution in [3.8, 4) is 44.5 Å². The van der Waals surface area contributed by atoms with E-state index >= 15 is 0 Å². The molecule has 0 aliphatic heterocycles. The lowest BCUT2D eigenvalue weighted by molar-refractivity contribution is 0.669. The van der Waals surface area contributed by atoms with E-state index in [1.165, 1.54) is 0 Å². The fourth-order valence-corrected chi connectivity index (χ4v) is 6.70. The van der Waals surface area contributed by atoms with Crippen LogP contribution in [0.5, 0.6) is 0 Å². The molecule has 0 saturated heterocycles. The summed E-state index contributed by atoms with van der Waals surface area (Å²) in [6, 6.07) is 43.2. The Bertz CT molecular complexity index is 2790. The predicted molar refractivity (Wildman–Crippen MR) is 190 cm³/mol. The molecule has 0 aliphatic carbocycles. The van der Waals surface area contributed by atoms with Crippen molar-refractivity contribution in [2.75, 3.05) is 0 Å². The van der Waals surface area contributed by atoms with Gasteiger partial charge in [0, 0.05) is 16.3 Å². The summed E-state index contributed by atoms with van der Waals surface area (Å²) in [6.45, 7) is 0. The minimum Gasteiger partial charge on any atom is -0.456 e. The van der Waals surface area contributed by atoms with Gasteiger partial charge in [-0.05, 0) is 78.6 Å². The molecule has 0 fully saturated rings. The summed E-state index contributed by atoms with van der Waals surface area (Å²) < 4.78 is 59.6. The second kappa shape index (κ2) is 10.4. The van der Waals surface area contributed by atoms with E-state index in [9.17, 15) is 2.74 Å². The average molecular weight is 579 g/mol. The molecule has 0 unspecified atom stereocenters. The standard InChI is InChI=1S/C44H28O/c1-3-13-29(14-4-1)30-23-25-32(26-24-30)41-33-17-7-9-19-35(33)43(36-20-10-8-18-34(36)41)38-27-28-40-44(37-21-11-12-22-39(37)45-40)42(38)31-15-5-2-6-16-31/h1-28H/i11D,12D,21D,22D,27D,28D. The van der Waals surface area contributed by atoms with E-state index in [1.54, 1.807) is 0 Å². The molecule has 0 radical (unpaired) electrons. The third-order valence-electron chi connectivity index (χ3n) is 8.66. The normalized spacial score (nSPS) is 13.4. The summed E-state index contributed by atoms with van der Waals surface area (Å²) in [6.07, 6.45) is 0. The summed E-state index contributed by atoms with van der Waals surface area (Å²) in [4.78, 5) is 0. The molecule has 9 aromatic rings. The molecule has 1 aromatic heterocycles. The molecule has 45 heavy (non-hydrogen) atoms. The van der Waals surface area contributed by atoms with Gasteiger partial charge < -0.3 is 4.42 Å². The molecule has 1 nitrogen and oxygen atoms in total. The van der Waals surface area contributed by atoms with Crippen LogP contribution in [-0.4, -0.2) is 0 Å². The first-order valence-corrected chi connectivity index (χ1v) is 15.0. The molecule has 0 aliphatic rings. The van der Waals surface area contributed by atoms with E-state index in [1.807, 2.05) is 72.8 Å². The zero-order chi connectivity index (χ0) is 35.0. The van der Waals surface area contributed by atoms with Crippen molar-refractivity contribution in [2.45, 2.75) is 0 Å². The number of furan rings is 1. The van der Waals surface area contributed by atoms with E-state index in [2.05, 4.69) is 60.7 Å². The number of hydrogen-bond donors (Lipinski definition) is 0. The van der Waals surface area contributed by atoms with Crippen molar-refractivity contribution in [2.24, 2.45) is 0 Å². The van der Waals surface area contributed by atoms with Crippen LogP contribution in [0.1, 0.15) is 8.22 Å². The number of rotatable bonds is 4. The molecular weight excluding hydrogens is 544 g/mol. The van der Waals surface area contributed by atoms with Crippen LogP contribution in [0.3, 0.4) is 0 Å². The SMILES string of the molecule is [2H]c1c([2H])c([2H])c2c(oc3c([2H])c([2H])c(-c4c5ccccc5c(-c5ccc(-c6ccccc6)cc5)c5ccccc45)c(-c4ccccc4)c32)c1[2H]. The van der Waals surface area contributed by atoms with Gasteiger partial charge in [-0.2, -0.15) is 0 Å². The minimum absolute atomic E-state index is 0.0257. The van der Waals surface area contributed by atoms with E-state index < -0.39 is 6.04 Å². The Labute approximate surface area is 270 Å². The van der Waals surface area contributed by atoms with Crippen molar-refractivity contribution < 1.29 is 12.6 Å². The second-order valence-electron chi connectivity index (χ2n) is 11.2. The van der Waals surface area contributed by atoms with Crippen LogP contribution >= 0.6 is 0 Å². The van der Waals surface area contributed by atoms with Gasteiger partial charge in [0.25, 0.3) is 0 Å². The maximum absolute atomic E-state index is 9.63.